The van der Waals surface area contributed by atoms with Gasteiger partial charge in [-0.3, -0.25) is 0 Å². The lowest BCUT2D eigenvalue weighted by molar-refractivity contribution is 0.336. The number of phenolic OH excluding ortho intramolecular Hbond substituents is 1. The van der Waals surface area contributed by atoms with Crippen molar-refractivity contribution >= 4 is 0 Å². The van der Waals surface area contributed by atoms with Crippen LogP contribution in [0.15, 0.2) is 6.07 Å². The maximum Gasteiger partial charge on any atom is 0.172 e. The van der Waals surface area contributed by atoms with E-state index in [9.17, 15) is 9.50 Å². The third-order valence-electron chi connectivity index (χ3n) is 2.71. The number of hydrogen-bond acceptors (Lipinski definition) is 4. The zero-order valence-corrected chi connectivity index (χ0v) is 10.3. The predicted molar refractivity (Wildman–Crippen MR) is 63.3 cm³/mol. The van der Waals surface area contributed by atoms with E-state index in [0.717, 1.165) is 0 Å². The van der Waals surface area contributed by atoms with Crippen LogP contribution in [0.1, 0.15) is 24.8 Å². The monoisotopic (exact) mass is 243 g/mol. The molecule has 0 radical (unpaired) electrons. The number of hydrogen-bond donors (Lipinski definition) is 2. The molecule has 4 nitrogen and oxygen atoms in total. The first-order valence-corrected chi connectivity index (χ1v) is 5.40. The third-order valence-corrected chi connectivity index (χ3v) is 2.71. The Morgan fingerprint density at radius 1 is 1.41 bits per heavy atom. The fourth-order valence-electron chi connectivity index (χ4n) is 1.82. The first-order valence-electron chi connectivity index (χ1n) is 5.40. The van der Waals surface area contributed by atoms with Crippen molar-refractivity contribution in [1.29, 1.82) is 0 Å². The molecule has 17 heavy (non-hydrogen) atoms. The molecule has 3 N–H and O–H groups in total. The highest BCUT2D eigenvalue weighted by Gasteiger charge is 2.23. The molecule has 0 spiro atoms. The molecule has 5 heteroatoms. The van der Waals surface area contributed by atoms with Gasteiger partial charge >= 0.3 is 0 Å². The number of halogens is 1. The van der Waals surface area contributed by atoms with E-state index in [2.05, 4.69) is 0 Å². The summed E-state index contributed by atoms with van der Waals surface area (Å²) < 4.78 is 24.1. The maximum atomic E-state index is 13.9. The number of methoxy groups -OCH3 is 2. The Kier molecular flexibility index (Phi) is 4.57. The lowest BCUT2D eigenvalue weighted by Crippen LogP contribution is -2.08. The van der Waals surface area contributed by atoms with Crippen LogP contribution in [0.2, 0.25) is 0 Å². The average molecular weight is 243 g/mol. The van der Waals surface area contributed by atoms with Crippen LogP contribution in [0.25, 0.3) is 0 Å². The van der Waals surface area contributed by atoms with Crippen molar-refractivity contribution in [2.45, 2.75) is 19.3 Å². The summed E-state index contributed by atoms with van der Waals surface area (Å²) in [5.74, 6) is -0.657. The van der Waals surface area contributed by atoms with Crippen molar-refractivity contribution in [3.63, 3.8) is 0 Å². The Balaban J connectivity index is 3.37. The number of benzene rings is 1. The lowest BCUT2D eigenvalue weighted by Gasteiger charge is -2.19. The Bertz CT molecular complexity index is 396. The highest BCUT2D eigenvalue weighted by Crippen LogP contribution is 2.42. The maximum absolute atomic E-state index is 13.9. The number of aromatic hydroxyl groups is 1. The van der Waals surface area contributed by atoms with Crippen molar-refractivity contribution < 1.29 is 19.0 Å². The van der Waals surface area contributed by atoms with Crippen molar-refractivity contribution in [3.8, 4) is 17.2 Å². The fraction of sp³-hybridized carbons (Fsp3) is 0.500. The topological polar surface area (TPSA) is 64.7 Å². The van der Waals surface area contributed by atoms with E-state index in [1.807, 2.05) is 6.92 Å². The average Bonchev–Trinajstić information content (AvgIpc) is 2.31. The van der Waals surface area contributed by atoms with Crippen LogP contribution < -0.4 is 15.2 Å². The Labute approximate surface area is 100 Å². The van der Waals surface area contributed by atoms with Gasteiger partial charge in [-0.1, -0.05) is 6.92 Å². The molecule has 0 fully saturated rings. The van der Waals surface area contributed by atoms with E-state index in [1.165, 1.54) is 20.3 Å². The normalized spacial score (nSPS) is 12.3. The van der Waals surface area contributed by atoms with Crippen LogP contribution in [0.5, 0.6) is 17.2 Å². The quantitative estimate of drug-likeness (QED) is 0.830. The van der Waals surface area contributed by atoms with Gasteiger partial charge in [0, 0.05) is 11.6 Å². The van der Waals surface area contributed by atoms with Gasteiger partial charge < -0.3 is 20.3 Å². The second-order valence-electron chi connectivity index (χ2n) is 3.84. The van der Waals surface area contributed by atoms with Crippen LogP contribution in [0.3, 0.4) is 0 Å². The number of ether oxygens (including phenoxy) is 2. The minimum Gasteiger partial charge on any atom is -0.505 e. The van der Waals surface area contributed by atoms with Gasteiger partial charge in [0.05, 0.1) is 14.2 Å². The summed E-state index contributed by atoms with van der Waals surface area (Å²) in [5.41, 5.74) is 5.76. The number of rotatable bonds is 5. The minimum atomic E-state index is -0.677. The molecule has 0 amide bonds. The van der Waals surface area contributed by atoms with Gasteiger partial charge in [0.25, 0.3) is 0 Å². The molecular formula is C12H18FNO3. The zero-order valence-electron chi connectivity index (χ0n) is 10.3. The van der Waals surface area contributed by atoms with Crippen molar-refractivity contribution in [2.75, 3.05) is 20.8 Å². The fourth-order valence-corrected chi connectivity index (χ4v) is 1.82. The third kappa shape index (κ3) is 2.61. The lowest BCUT2D eigenvalue weighted by atomic mass is 9.95. The van der Waals surface area contributed by atoms with Crippen LogP contribution in [-0.2, 0) is 0 Å². The standard InChI is InChI=1S/C12H18FNO3/c1-7(4-5-14)10-11(13)8(15)6-9(16-2)12(10)17-3/h6-7,15H,4-5,14H2,1-3H3. The summed E-state index contributed by atoms with van der Waals surface area (Å²) >= 11 is 0. The molecule has 0 aliphatic carbocycles. The molecular weight excluding hydrogens is 225 g/mol. The van der Waals surface area contributed by atoms with Crippen LogP contribution in [0, 0.1) is 5.82 Å². The van der Waals surface area contributed by atoms with Crippen molar-refractivity contribution in [3.05, 3.63) is 17.4 Å². The van der Waals surface area contributed by atoms with E-state index in [0.29, 0.717) is 30.0 Å². The molecule has 1 atom stereocenters. The van der Waals surface area contributed by atoms with Gasteiger partial charge in [-0.15, -0.1) is 0 Å². The molecule has 96 valence electrons. The van der Waals surface area contributed by atoms with Gasteiger partial charge in [-0.25, -0.2) is 4.39 Å². The van der Waals surface area contributed by atoms with E-state index in [-0.39, 0.29) is 5.92 Å². The number of phenols is 1. The molecule has 1 aromatic carbocycles. The predicted octanol–water partition coefficient (Wildman–Crippen LogP) is 2.00. The SMILES string of the molecule is COc1cc(O)c(F)c(C(C)CCN)c1OC. The molecule has 1 unspecified atom stereocenters. The largest absolute Gasteiger partial charge is 0.505 e. The smallest absolute Gasteiger partial charge is 0.172 e. The highest BCUT2D eigenvalue weighted by atomic mass is 19.1. The summed E-state index contributed by atoms with van der Waals surface area (Å²) in [6.45, 7) is 2.26. The summed E-state index contributed by atoms with van der Waals surface area (Å²) in [6.07, 6.45) is 0.597. The molecule has 1 aromatic rings. The summed E-state index contributed by atoms with van der Waals surface area (Å²) in [5, 5.41) is 9.51. The first kappa shape index (κ1) is 13.6. The van der Waals surface area contributed by atoms with Gasteiger partial charge in [-0.2, -0.15) is 0 Å². The first-order chi connectivity index (χ1) is 8.06. The van der Waals surface area contributed by atoms with E-state index in [4.69, 9.17) is 15.2 Å². The van der Waals surface area contributed by atoms with E-state index < -0.39 is 11.6 Å². The highest BCUT2D eigenvalue weighted by molar-refractivity contribution is 5.53. The second-order valence-corrected chi connectivity index (χ2v) is 3.84. The summed E-state index contributed by atoms with van der Waals surface area (Å²) in [6, 6.07) is 1.20. The molecule has 0 saturated heterocycles. The van der Waals surface area contributed by atoms with E-state index in [1.54, 1.807) is 0 Å². The minimum absolute atomic E-state index is 0.157. The van der Waals surface area contributed by atoms with Gasteiger partial charge in [0.15, 0.2) is 23.1 Å². The molecule has 0 aliphatic rings. The van der Waals surface area contributed by atoms with Crippen LogP contribution in [0.4, 0.5) is 4.39 Å². The zero-order chi connectivity index (χ0) is 13.0. The van der Waals surface area contributed by atoms with Gasteiger partial charge in [0.1, 0.15) is 0 Å². The van der Waals surface area contributed by atoms with E-state index >= 15 is 0 Å². The molecule has 0 heterocycles. The van der Waals surface area contributed by atoms with Gasteiger partial charge in [-0.05, 0) is 18.9 Å². The molecule has 0 aromatic heterocycles. The number of nitrogens with two attached hydrogens (primary N) is 1. The Morgan fingerprint density at radius 2 is 2.06 bits per heavy atom. The summed E-state index contributed by atoms with van der Waals surface area (Å²) in [4.78, 5) is 0. The summed E-state index contributed by atoms with van der Waals surface area (Å²) in [7, 11) is 2.87. The van der Waals surface area contributed by atoms with Crippen molar-refractivity contribution in [1.82, 2.24) is 0 Å². The van der Waals surface area contributed by atoms with Crippen LogP contribution in [-0.4, -0.2) is 25.9 Å². The second kappa shape index (κ2) is 5.72. The molecule has 0 aliphatic heterocycles. The Morgan fingerprint density at radius 3 is 2.53 bits per heavy atom. The Hall–Kier alpha value is -1.49. The van der Waals surface area contributed by atoms with Crippen molar-refractivity contribution in [2.24, 2.45) is 5.73 Å². The van der Waals surface area contributed by atoms with Gasteiger partial charge in [0.2, 0.25) is 0 Å². The molecule has 1 rings (SSSR count). The van der Waals surface area contributed by atoms with Crippen LogP contribution >= 0.6 is 0 Å². The molecule has 0 saturated carbocycles. The molecule has 0 bridgehead atoms.